The fourth-order valence-corrected chi connectivity index (χ4v) is 3.26. The average Bonchev–Trinajstić information content (AvgIpc) is 2.74. The Morgan fingerprint density at radius 3 is 2.41 bits per heavy atom. The van der Waals surface area contributed by atoms with Crippen molar-refractivity contribution in [3.8, 4) is 5.69 Å². The SMILES string of the molecule is Cc1cc2c(n1-c1ccc(C(=O)O)cc1)CC(C)(C)CC2=O. The van der Waals surface area contributed by atoms with E-state index in [4.69, 9.17) is 5.11 Å². The van der Waals surface area contributed by atoms with Gasteiger partial charge in [-0.3, -0.25) is 4.79 Å². The molecule has 2 aromatic rings. The highest BCUT2D eigenvalue weighted by Crippen LogP contribution is 2.37. The fraction of sp³-hybridized carbons (Fsp3) is 0.333. The Bertz CT molecular complexity index is 766. The smallest absolute Gasteiger partial charge is 0.335 e. The van der Waals surface area contributed by atoms with Crippen LogP contribution in [0.2, 0.25) is 0 Å². The summed E-state index contributed by atoms with van der Waals surface area (Å²) in [5.41, 5.74) is 3.95. The first-order chi connectivity index (χ1) is 10.3. The lowest BCUT2D eigenvalue weighted by Crippen LogP contribution is -2.27. The van der Waals surface area contributed by atoms with E-state index in [2.05, 4.69) is 18.4 Å². The zero-order valence-corrected chi connectivity index (χ0v) is 13.0. The van der Waals surface area contributed by atoms with Crippen LogP contribution in [-0.2, 0) is 6.42 Å². The molecular weight excluding hydrogens is 278 g/mol. The summed E-state index contributed by atoms with van der Waals surface area (Å²) in [6.07, 6.45) is 1.41. The summed E-state index contributed by atoms with van der Waals surface area (Å²) in [4.78, 5) is 23.3. The molecule has 1 aromatic carbocycles. The van der Waals surface area contributed by atoms with Gasteiger partial charge in [0.25, 0.3) is 0 Å². The number of fused-ring (bicyclic) bond motifs is 1. The van der Waals surface area contributed by atoms with Crippen molar-refractivity contribution in [2.75, 3.05) is 0 Å². The number of Topliss-reactive ketones (excluding diaryl/α,β-unsaturated/α-hetero) is 1. The standard InChI is InChI=1S/C18H19NO3/c1-11-8-14-15(9-18(2,3)10-16(14)20)19(11)13-6-4-12(5-7-13)17(21)22/h4-8H,9-10H2,1-3H3,(H,21,22). The van der Waals surface area contributed by atoms with Gasteiger partial charge in [-0.05, 0) is 49.1 Å². The molecule has 22 heavy (non-hydrogen) atoms. The van der Waals surface area contributed by atoms with E-state index in [0.717, 1.165) is 29.1 Å². The lowest BCUT2D eigenvalue weighted by Gasteiger charge is -2.29. The van der Waals surface area contributed by atoms with Gasteiger partial charge in [-0.2, -0.15) is 0 Å². The van der Waals surface area contributed by atoms with Crippen LogP contribution in [0, 0.1) is 12.3 Å². The summed E-state index contributed by atoms with van der Waals surface area (Å²) in [6.45, 7) is 6.19. The van der Waals surface area contributed by atoms with Crippen LogP contribution >= 0.6 is 0 Å². The number of carbonyl (C=O) groups excluding carboxylic acids is 1. The molecule has 0 saturated heterocycles. The van der Waals surface area contributed by atoms with E-state index in [0.29, 0.717) is 6.42 Å². The Labute approximate surface area is 129 Å². The Balaban J connectivity index is 2.12. The molecule has 0 bridgehead atoms. The first-order valence-corrected chi connectivity index (χ1v) is 7.37. The number of aromatic carboxylic acids is 1. The maximum Gasteiger partial charge on any atom is 0.335 e. The Morgan fingerprint density at radius 2 is 1.82 bits per heavy atom. The molecule has 1 aromatic heterocycles. The third-order valence-corrected chi connectivity index (χ3v) is 4.24. The second kappa shape index (κ2) is 4.83. The molecule has 114 valence electrons. The van der Waals surface area contributed by atoms with Crippen molar-refractivity contribution in [3.05, 3.63) is 52.8 Å². The molecule has 1 aliphatic carbocycles. The minimum Gasteiger partial charge on any atom is -0.478 e. The van der Waals surface area contributed by atoms with Crippen molar-refractivity contribution < 1.29 is 14.7 Å². The number of aromatic nitrogens is 1. The van der Waals surface area contributed by atoms with Gasteiger partial charge in [0.2, 0.25) is 0 Å². The molecule has 0 atom stereocenters. The normalized spacial score (nSPS) is 16.4. The van der Waals surface area contributed by atoms with Crippen LogP contribution in [0.25, 0.3) is 5.69 Å². The quantitative estimate of drug-likeness (QED) is 0.920. The predicted molar refractivity (Wildman–Crippen MR) is 83.9 cm³/mol. The van der Waals surface area contributed by atoms with E-state index in [1.807, 2.05) is 13.0 Å². The number of ketones is 1. The van der Waals surface area contributed by atoms with Gasteiger partial charge in [0, 0.05) is 29.1 Å². The molecule has 3 rings (SSSR count). The molecule has 0 unspecified atom stereocenters. The molecule has 0 saturated carbocycles. The molecule has 4 heteroatoms. The van der Waals surface area contributed by atoms with E-state index in [1.165, 1.54) is 0 Å². The minimum absolute atomic E-state index is 0.0480. The molecule has 0 spiro atoms. The lowest BCUT2D eigenvalue weighted by molar-refractivity contribution is 0.0696. The molecule has 0 fully saturated rings. The molecule has 0 radical (unpaired) electrons. The van der Waals surface area contributed by atoms with E-state index >= 15 is 0 Å². The molecule has 1 N–H and O–H groups in total. The Kier molecular flexibility index (Phi) is 3.20. The van der Waals surface area contributed by atoms with Gasteiger partial charge in [-0.25, -0.2) is 4.79 Å². The van der Waals surface area contributed by atoms with Crippen molar-refractivity contribution in [3.63, 3.8) is 0 Å². The van der Waals surface area contributed by atoms with Crippen LogP contribution in [0.4, 0.5) is 0 Å². The van der Waals surface area contributed by atoms with Gasteiger partial charge in [-0.1, -0.05) is 13.8 Å². The van der Waals surface area contributed by atoms with Crippen molar-refractivity contribution in [2.24, 2.45) is 5.41 Å². The van der Waals surface area contributed by atoms with Gasteiger partial charge >= 0.3 is 5.97 Å². The number of rotatable bonds is 2. The molecule has 1 aliphatic rings. The Hall–Kier alpha value is -2.36. The number of hydrogen-bond acceptors (Lipinski definition) is 2. The van der Waals surface area contributed by atoms with Gasteiger partial charge < -0.3 is 9.67 Å². The number of carboxylic acid groups (broad SMARTS) is 1. The summed E-state index contributed by atoms with van der Waals surface area (Å²) in [7, 11) is 0. The maximum absolute atomic E-state index is 12.4. The number of carbonyl (C=O) groups is 2. The third-order valence-electron chi connectivity index (χ3n) is 4.24. The van der Waals surface area contributed by atoms with Gasteiger partial charge in [0.05, 0.1) is 5.56 Å². The number of carboxylic acids is 1. The zero-order valence-electron chi connectivity index (χ0n) is 13.0. The van der Waals surface area contributed by atoms with Crippen molar-refractivity contribution in [1.29, 1.82) is 0 Å². The van der Waals surface area contributed by atoms with Gasteiger partial charge in [0.1, 0.15) is 0 Å². The van der Waals surface area contributed by atoms with E-state index < -0.39 is 5.97 Å². The average molecular weight is 297 g/mol. The number of benzene rings is 1. The molecule has 4 nitrogen and oxygen atoms in total. The molecule has 0 amide bonds. The van der Waals surface area contributed by atoms with Crippen LogP contribution < -0.4 is 0 Å². The highest BCUT2D eigenvalue weighted by atomic mass is 16.4. The van der Waals surface area contributed by atoms with Gasteiger partial charge in [-0.15, -0.1) is 0 Å². The third kappa shape index (κ3) is 2.34. The number of aryl methyl sites for hydroxylation is 1. The summed E-state index contributed by atoms with van der Waals surface area (Å²) in [5, 5.41) is 9.00. The van der Waals surface area contributed by atoms with E-state index in [9.17, 15) is 9.59 Å². The highest BCUT2D eigenvalue weighted by molar-refractivity contribution is 5.99. The van der Waals surface area contributed by atoms with Crippen LogP contribution in [0.3, 0.4) is 0 Å². The van der Waals surface area contributed by atoms with Crippen LogP contribution in [-0.4, -0.2) is 21.4 Å². The molecule has 0 aliphatic heterocycles. The number of hydrogen-bond donors (Lipinski definition) is 1. The minimum atomic E-state index is -0.936. The van der Waals surface area contributed by atoms with Crippen LogP contribution in [0.1, 0.15) is 52.4 Å². The van der Waals surface area contributed by atoms with Crippen molar-refractivity contribution >= 4 is 11.8 Å². The highest BCUT2D eigenvalue weighted by Gasteiger charge is 2.34. The summed E-state index contributed by atoms with van der Waals surface area (Å²) < 4.78 is 2.07. The van der Waals surface area contributed by atoms with Crippen molar-refractivity contribution in [1.82, 2.24) is 4.57 Å². The van der Waals surface area contributed by atoms with Crippen LogP contribution in [0.5, 0.6) is 0 Å². The van der Waals surface area contributed by atoms with E-state index in [-0.39, 0.29) is 16.8 Å². The number of nitrogens with zero attached hydrogens (tertiary/aromatic N) is 1. The lowest BCUT2D eigenvalue weighted by atomic mass is 9.76. The Morgan fingerprint density at radius 1 is 1.18 bits per heavy atom. The maximum atomic E-state index is 12.4. The first kappa shape index (κ1) is 14.6. The first-order valence-electron chi connectivity index (χ1n) is 7.37. The van der Waals surface area contributed by atoms with Crippen LogP contribution in [0.15, 0.2) is 30.3 Å². The molecule has 1 heterocycles. The topological polar surface area (TPSA) is 59.3 Å². The van der Waals surface area contributed by atoms with Crippen molar-refractivity contribution in [2.45, 2.75) is 33.6 Å². The van der Waals surface area contributed by atoms with Gasteiger partial charge in [0.15, 0.2) is 5.78 Å². The summed E-state index contributed by atoms with van der Waals surface area (Å²) in [5.74, 6) is -0.746. The van der Waals surface area contributed by atoms with E-state index in [1.54, 1.807) is 24.3 Å². The second-order valence-electron chi connectivity index (χ2n) is 6.77. The summed E-state index contributed by atoms with van der Waals surface area (Å²) >= 11 is 0. The molecular formula is C18H19NO3. The fourth-order valence-electron chi connectivity index (χ4n) is 3.26. The second-order valence-corrected chi connectivity index (χ2v) is 6.77. The zero-order chi connectivity index (χ0) is 16.1. The summed E-state index contributed by atoms with van der Waals surface area (Å²) in [6, 6.07) is 8.72. The predicted octanol–water partition coefficient (Wildman–Crippen LogP) is 3.64. The monoisotopic (exact) mass is 297 g/mol. The largest absolute Gasteiger partial charge is 0.478 e.